The zero-order valence-corrected chi connectivity index (χ0v) is 11.1. The summed E-state index contributed by atoms with van der Waals surface area (Å²) in [4.78, 5) is 0.198. The Hall–Kier alpha value is -1.72. The van der Waals surface area contributed by atoms with Gasteiger partial charge in [0.2, 0.25) is 5.88 Å². The number of hydrogen-bond donors (Lipinski definition) is 1. The van der Waals surface area contributed by atoms with Gasteiger partial charge in [-0.15, -0.1) is 5.10 Å². The molecular weight excluding hydrogens is 270 g/mol. The zero-order valence-electron chi connectivity index (χ0n) is 9.55. The van der Waals surface area contributed by atoms with E-state index in [4.69, 9.17) is 34.3 Å². The van der Waals surface area contributed by atoms with Gasteiger partial charge in [0.15, 0.2) is 0 Å². The Kier molecular flexibility index (Phi) is 3.74. The Labute approximate surface area is 115 Å². The minimum absolute atomic E-state index is 0.198. The molecule has 6 heteroatoms. The third-order valence-corrected chi connectivity index (χ3v) is 2.78. The lowest BCUT2D eigenvalue weighted by atomic mass is 10.2. The highest BCUT2D eigenvalue weighted by molar-refractivity contribution is 7.80. The fourth-order valence-electron chi connectivity index (χ4n) is 1.37. The van der Waals surface area contributed by atoms with Crippen molar-refractivity contribution >= 4 is 28.8 Å². The Morgan fingerprint density at radius 3 is 2.89 bits per heavy atom. The predicted molar refractivity (Wildman–Crippen MR) is 74.2 cm³/mol. The molecule has 2 rings (SSSR count). The monoisotopic (exact) mass is 279 g/mol. The van der Waals surface area contributed by atoms with E-state index in [0.717, 1.165) is 5.56 Å². The molecule has 0 bridgehead atoms. The second kappa shape index (κ2) is 5.29. The van der Waals surface area contributed by atoms with Crippen LogP contribution in [0.5, 0.6) is 11.6 Å². The van der Waals surface area contributed by atoms with Gasteiger partial charge in [0, 0.05) is 0 Å². The summed E-state index contributed by atoms with van der Waals surface area (Å²) in [7, 11) is 0. The summed E-state index contributed by atoms with van der Waals surface area (Å²) in [5.41, 5.74) is 7.14. The van der Waals surface area contributed by atoms with Crippen molar-refractivity contribution in [2.24, 2.45) is 5.73 Å². The van der Waals surface area contributed by atoms with E-state index in [1.165, 1.54) is 6.20 Å². The SMILES string of the molecule is Cc1ccc(Cl)c(Oc2nnccc2C(N)=S)c1. The summed E-state index contributed by atoms with van der Waals surface area (Å²) in [6, 6.07) is 7.10. The van der Waals surface area contributed by atoms with Crippen molar-refractivity contribution in [2.75, 3.05) is 0 Å². The Morgan fingerprint density at radius 2 is 2.17 bits per heavy atom. The van der Waals surface area contributed by atoms with Gasteiger partial charge in [0.25, 0.3) is 0 Å². The van der Waals surface area contributed by atoms with Crippen LogP contribution >= 0.6 is 23.8 Å². The molecule has 0 aliphatic heterocycles. The average molecular weight is 280 g/mol. The average Bonchev–Trinajstić information content (AvgIpc) is 2.34. The van der Waals surface area contributed by atoms with Crippen LogP contribution in [0.4, 0.5) is 0 Å². The predicted octanol–water partition coefficient (Wildman–Crippen LogP) is 2.86. The second-order valence-corrected chi connectivity index (χ2v) is 4.50. The van der Waals surface area contributed by atoms with Crippen LogP contribution in [-0.2, 0) is 0 Å². The summed E-state index contributed by atoms with van der Waals surface area (Å²) in [6.07, 6.45) is 1.50. The van der Waals surface area contributed by atoms with E-state index in [0.29, 0.717) is 16.3 Å². The van der Waals surface area contributed by atoms with E-state index in [9.17, 15) is 0 Å². The molecule has 1 aromatic carbocycles. The molecular formula is C12H10ClN3OS. The molecule has 0 unspecified atom stereocenters. The topological polar surface area (TPSA) is 61.0 Å². The number of benzene rings is 1. The first-order chi connectivity index (χ1) is 8.58. The minimum Gasteiger partial charge on any atom is -0.435 e. The van der Waals surface area contributed by atoms with E-state index in [2.05, 4.69) is 10.2 Å². The quantitative estimate of drug-likeness (QED) is 0.876. The first-order valence-corrected chi connectivity index (χ1v) is 5.92. The lowest BCUT2D eigenvalue weighted by Crippen LogP contribution is -2.12. The molecule has 18 heavy (non-hydrogen) atoms. The van der Waals surface area contributed by atoms with Gasteiger partial charge in [-0.3, -0.25) is 0 Å². The molecule has 1 aromatic heterocycles. The number of aromatic nitrogens is 2. The largest absolute Gasteiger partial charge is 0.435 e. The number of nitrogens with zero attached hydrogens (tertiary/aromatic N) is 2. The summed E-state index contributed by atoms with van der Waals surface area (Å²) in [5.74, 6) is 0.743. The first-order valence-electron chi connectivity index (χ1n) is 5.13. The summed E-state index contributed by atoms with van der Waals surface area (Å²) < 4.78 is 5.61. The fraction of sp³-hybridized carbons (Fsp3) is 0.0833. The van der Waals surface area contributed by atoms with Crippen LogP contribution in [0, 0.1) is 6.92 Å². The summed E-state index contributed by atoms with van der Waals surface area (Å²) in [5, 5.41) is 8.10. The van der Waals surface area contributed by atoms with Crippen LogP contribution < -0.4 is 10.5 Å². The first kappa shape index (κ1) is 12.7. The van der Waals surface area contributed by atoms with Crippen LogP contribution in [0.15, 0.2) is 30.5 Å². The molecule has 92 valence electrons. The Bertz CT molecular complexity index is 604. The molecule has 2 aromatic rings. The molecule has 0 atom stereocenters. The highest BCUT2D eigenvalue weighted by Gasteiger charge is 2.11. The van der Waals surface area contributed by atoms with Gasteiger partial charge in [0.05, 0.1) is 16.8 Å². The van der Waals surface area contributed by atoms with E-state index in [1.54, 1.807) is 18.2 Å². The van der Waals surface area contributed by atoms with Gasteiger partial charge in [-0.25, -0.2) is 0 Å². The molecule has 0 fully saturated rings. The highest BCUT2D eigenvalue weighted by atomic mass is 35.5. The number of aryl methyl sites for hydroxylation is 1. The smallest absolute Gasteiger partial charge is 0.249 e. The number of thiocarbonyl (C=S) groups is 1. The molecule has 4 nitrogen and oxygen atoms in total. The number of ether oxygens (including phenoxy) is 1. The normalized spacial score (nSPS) is 10.1. The molecule has 1 heterocycles. The maximum atomic E-state index is 6.04. The summed E-state index contributed by atoms with van der Waals surface area (Å²) >= 11 is 11.0. The molecule has 0 radical (unpaired) electrons. The second-order valence-electron chi connectivity index (χ2n) is 3.65. The third-order valence-electron chi connectivity index (χ3n) is 2.25. The van der Waals surface area contributed by atoms with Gasteiger partial charge in [-0.1, -0.05) is 29.9 Å². The molecule has 2 N–H and O–H groups in total. The van der Waals surface area contributed by atoms with Crippen LogP contribution in [-0.4, -0.2) is 15.2 Å². The van der Waals surface area contributed by atoms with E-state index in [1.807, 2.05) is 13.0 Å². The van der Waals surface area contributed by atoms with Crippen molar-refractivity contribution in [3.05, 3.63) is 46.6 Å². The minimum atomic E-state index is 0.198. The third kappa shape index (κ3) is 2.75. The Morgan fingerprint density at radius 1 is 1.39 bits per heavy atom. The van der Waals surface area contributed by atoms with Crippen LogP contribution in [0.25, 0.3) is 0 Å². The molecule has 0 aliphatic rings. The number of rotatable bonds is 3. The van der Waals surface area contributed by atoms with Crippen molar-refractivity contribution in [3.63, 3.8) is 0 Å². The number of nitrogens with two attached hydrogens (primary N) is 1. The molecule has 0 saturated carbocycles. The van der Waals surface area contributed by atoms with Crippen LogP contribution in [0.2, 0.25) is 5.02 Å². The maximum Gasteiger partial charge on any atom is 0.249 e. The standard InChI is InChI=1S/C12H10ClN3OS/c1-7-2-3-9(13)10(6-7)17-12-8(11(14)18)4-5-15-16-12/h2-6H,1H3,(H2,14,18). The number of halogens is 1. The van der Waals surface area contributed by atoms with Gasteiger partial charge < -0.3 is 10.5 Å². The van der Waals surface area contributed by atoms with Crippen molar-refractivity contribution in [2.45, 2.75) is 6.92 Å². The number of hydrogen-bond acceptors (Lipinski definition) is 4. The molecule has 0 amide bonds. The van der Waals surface area contributed by atoms with Crippen LogP contribution in [0.3, 0.4) is 0 Å². The fourth-order valence-corrected chi connectivity index (χ4v) is 1.69. The molecule has 0 aliphatic carbocycles. The van der Waals surface area contributed by atoms with E-state index < -0.39 is 0 Å². The van der Waals surface area contributed by atoms with E-state index in [-0.39, 0.29) is 10.9 Å². The van der Waals surface area contributed by atoms with Crippen molar-refractivity contribution in [1.82, 2.24) is 10.2 Å². The molecule has 0 spiro atoms. The van der Waals surface area contributed by atoms with Crippen molar-refractivity contribution < 1.29 is 4.74 Å². The Balaban J connectivity index is 2.40. The maximum absolute atomic E-state index is 6.04. The zero-order chi connectivity index (χ0) is 13.1. The lowest BCUT2D eigenvalue weighted by molar-refractivity contribution is 0.454. The van der Waals surface area contributed by atoms with Crippen molar-refractivity contribution in [3.8, 4) is 11.6 Å². The van der Waals surface area contributed by atoms with Crippen LogP contribution in [0.1, 0.15) is 11.1 Å². The molecule has 0 saturated heterocycles. The van der Waals surface area contributed by atoms with E-state index >= 15 is 0 Å². The van der Waals surface area contributed by atoms with Gasteiger partial charge in [-0.05, 0) is 30.7 Å². The van der Waals surface area contributed by atoms with Gasteiger partial charge in [-0.2, -0.15) is 5.10 Å². The van der Waals surface area contributed by atoms with Crippen molar-refractivity contribution in [1.29, 1.82) is 0 Å². The van der Waals surface area contributed by atoms with Gasteiger partial charge in [0.1, 0.15) is 10.7 Å². The summed E-state index contributed by atoms with van der Waals surface area (Å²) in [6.45, 7) is 1.94. The van der Waals surface area contributed by atoms with Gasteiger partial charge >= 0.3 is 0 Å². The lowest BCUT2D eigenvalue weighted by Gasteiger charge is -2.09. The highest BCUT2D eigenvalue weighted by Crippen LogP contribution is 2.30.